The largest absolute Gasteiger partial charge is 0.303 e. The summed E-state index contributed by atoms with van der Waals surface area (Å²) in [5, 5.41) is 0. The Kier molecular flexibility index (Phi) is 1.81. The SMILES string of the molecule is CC[C@@]1(C=O)CC2CC1C1CCC[C@H]21. The molecule has 0 aromatic carbocycles. The summed E-state index contributed by atoms with van der Waals surface area (Å²) >= 11 is 0. The van der Waals surface area contributed by atoms with Crippen molar-refractivity contribution in [2.24, 2.45) is 29.1 Å². The molecule has 5 atom stereocenters. The van der Waals surface area contributed by atoms with E-state index in [9.17, 15) is 4.79 Å². The fourth-order valence-electron chi connectivity index (χ4n) is 4.94. The third-order valence-corrected chi connectivity index (χ3v) is 5.58. The summed E-state index contributed by atoms with van der Waals surface area (Å²) in [6.07, 6.45) is 9.31. The first kappa shape index (κ1) is 8.94. The molecule has 1 heteroatoms. The van der Waals surface area contributed by atoms with Crippen LogP contribution in [-0.4, -0.2) is 6.29 Å². The van der Waals surface area contributed by atoms with Crippen molar-refractivity contribution < 1.29 is 4.79 Å². The number of carbonyl (C=O) groups excluding carboxylic acids is 1. The topological polar surface area (TPSA) is 17.1 Å². The Hall–Kier alpha value is -0.330. The minimum absolute atomic E-state index is 0.107. The second-order valence-electron chi connectivity index (χ2n) is 5.77. The van der Waals surface area contributed by atoms with E-state index in [0.717, 1.165) is 30.1 Å². The Labute approximate surface area is 86.3 Å². The molecule has 3 saturated carbocycles. The average Bonchev–Trinajstić information content (AvgIpc) is 2.88. The quantitative estimate of drug-likeness (QED) is 0.615. The monoisotopic (exact) mass is 192 g/mol. The summed E-state index contributed by atoms with van der Waals surface area (Å²) in [6, 6.07) is 0. The smallest absolute Gasteiger partial charge is 0.126 e. The van der Waals surface area contributed by atoms with Gasteiger partial charge in [0, 0.05) is 5.41 Å². The number of hydrogen-bond donors (Lipinski definition) is 0. The van der Waals surface area contributed by atoms with Gasteiger partial charge in [0.05, 0.1) is 0 Å². The Bertz CT molecular complexity index is 260. The number of fused-ring (bicyclic) bond motifs is 5. The highest BCUT2D eigenvalue weighted by Gasteiger charge is 2.59. The molecule has 3 unspecified atom stereocenters. The molecule has 0 aliphatic heterocycles. The Morgan fingerprint density at radius 2 is 2.14 bits per heavy atom. The van der Waals surface area contributed by atoms with Crippen molar-refractivity contribution >= 4 is 6.29 Å². The van der Waals surface area contributed by atoms with Gasteiger partial charge in [0.2, 0.25) is 0 Å². The molecule has 3 aliphatic carbocycles. The zero-order chi connectivity index (χ0) is 9.76. The van der Waals surface area contributed by atoms with E-state index in [1.807, 2.05) is 0 Å². The molecule has 0 N–H and O–H groups in total. The van der Waals surface area contributed by atoms with Crippen LogP contribution in [0.1, 0.15) is 45.4 Å². The van der Waals surface area contributed by atoms with Crippen molar-refractivity contribution in [1.29, 1.82) is 0 Å². The molecule has 3 aliphatic rings. The van der Waals surface area contributed by atoms with E-state index < -0.39 is 0 Å². The highest BCUT2D eigenvalue weighted by Crippen LogP contribution is 2.65. The first-order valence-corrected chi connectivity index (χ1v) is 6.27. The van der Waals surface area contributed by atoms with Crippen LogP contribution < -0.4 is 0 Å². The maximum absolute atomic E-state index is 11.3. The third-order valence-electron chi connectivity index (χ3n) is 5.58. The van der Waals surface area contributed by atoms with Gasteiger partial charge in [-0.05, 0) is 55.8 Å². The lowest BCUT2D eigenvalue weighted by molar-refractivity contribution is -0.121. The predicted octanol–water partition coefficient (Wildman–Crippen LogP) is 3.04. The summed E-state index contributed by atoms with van der Waals surface area (Å²) in [5.41, 5.74) is 0.107. The van der Waals surface area contributed by atoms with Crippen LogP contribution in [0.15, 0.2) is 0 Å². The molecular formula is C13H20O. The fraction of sp³-hybridized carbons (Fsp3) is 0.923. The first-order chi connectivity index (χ1) is 6.80. The number of aldehydes is 1. The lowest BCUT2D eigenvalue weighted by Crippen LogP contribution is -2.36. The highest BCUT2D eigenvalue weighted by atomic mass is 16.1. The molecule has 0 saturated heterocycles. The van der Waals surface area contributed by atoms with Gasteiger partial charge in [0.1, 0.15) is 6.29 Å². The van der Waals surface area contributed by atoms with Crippen LogP contribution in [0, 0.1) is 29.1 Å². The van der Waals surface area contributed by atoms with Crippen LogP contribution in [-0.2, 0) is 4.79 Å². The highest BCUT2D eigenvalue weighted by molar-refractivity contribution is 5.61. The normalized spacial score (nSPS) is 54.9. The van der Waals surface area contributed by atoms with Crippen LogP contribution in [0.5, 0.6) is 0 Å². The van der Waals surface area contributed by atoms with E-state index in [2.05, 4.69) is 6.92 Å². The van der Waals surface area contributed by atoms with E-state index in [0.29, 0.717) is 0 Å². The lowest BCUT2D eigenvalue weighted by Gasteiger charge is -2.38. The molecule has 3 fully saturated rings. The molecule has 0 amide bonds. The van der Waals surface area contributed by atoms with Crippen molar-refractivity contribution in [2.45, 2.75) is 45.4 Å². The van der Waals surface area contributed by atoms with Crippen LogP contribution in [0.3, 0.4) is 0 Å². The van der Waals surface area contributed by atoms with Crippen LogP contribution in [0.25, 0.3) is 0 Å². The third kappa shape index (κ3) is 0.888. The molecular weight excluding hydrogens is 172 g/mol. The van der Waals surface area contributed by atoms with E-state index in [4.69, 9.17) is 0 Å². The van der Waals surface area contributed by atoms with E-state index in [1.165, 1.54) is 38.4 Å². The minimum Gasteiger partial charge on any atom is -0.303 e. The van der Waals surface area contributed by atoms with Gasteiger partial charge in [-0.1, -0.05) is 13.3 Å². The zero-order valence-electron chi connectivity index (χ0n) is 9.04. The standard InChI is InChI=1S/C13H20O/c1-2-13(8-14)7-9-6-12(13)11-5-3-4-10(9)11/h8-12H,2-7H2,1H3/t9?,10-,11?,12?,13+/m1/s1. The van der Waals surface area contributed by atoms with Gasteiger partial charge in [-0.3, -0.25) is 0 Å². The van der Waals surface area contributed by atoms with Gasteiger partial charge in [0.25, 0.3) is 0 Å². The zero-order valence-corrected chi connectivity index (χ0v) is 9.04. The first-order valence-electron chi connectivity index (χ1n) is 6.27. The van der Waals surface area contributed by atoms with E-state index in [-0.39, 0.29) is 5.41 Å². The summed E-state index contributed by atoms with van der Waals surface area (Å²) in [7, 11) is 0. The Morgan fingerprint density at radius 3 is 2.86 bits per heavy atom. The van der Waals surface area contributed by atoms with Gasteiger partial charge in [-0.2, -0.15) is 0 Å². The van der Waals surface area contributed by atoms with Crippen molar-refractivity contribution in [3.05, 3.63) is 0 Å². The average molecular weight is 192 g/mol. The number of hydrogen-bond acceptors (Lipinski definition) is 1. The van der Waals surface area contributed by atoms with E-state index >= 15 is 0 Å². The van der Waals surface area contributed by atoms with Gasteiger partial charge >= 0.3 is 0 Å². The fourth-order valence-corrected chi connectivity index (χ4v) is 4.94. The molecule has 3 rings (SSSR count). The van der Waals surface area contributed by atoms with Gasteiger partial charge in [-0.15, -0.1) is 0 Å². The van der Waals surface area contributed by atoms with Crippen LogP contribution >= 0.6 is 0 Å². The molecule has 0 spiro atoms. The van der Waals surface area contributed by atoms with Crippen molar-refractivity contribution in [3.63, 3.8) is 0 Å². The maximum atomic E-state index is 11.3. The van der Waals surface area contributed by atoms with Crippen LogP contribution in [0.2, 0.25) is 0 Å². The van der Waals surface area contributed by atoms with Crippen LogP contribution in [0.4, 0.5) is 0 Å². The molecule has 0 radical (unpaired) electrons. The molecule has 0 aromatic rings. The lowest BCUT2D eigenvalue weighted by atomic mass is 9.65. The van der Waals surface area contributed by atoms with Gasteiger partial charge in [0.15, 0.2) is 0 Å². The van der Waals surface area contributed by atoms with Crippen molar-refractivity contribution in [1.82, 2.24) is 0 Å². The molecule has 0 aromatic heterocycles. The Balaban J connectivity index is 1.92. The van der Waals surface area contributed by atoms with Gasteiger partial charge < -0.3 is 4.79 Å². The maximum Gasteiger partial charge on any atom is 0.126 e. The summed E-state index contributed by atoms with van der Waals surface area (Å²) in [6.45, 7) is 2.21. The summed E-state index contributed by atoms with van der Waals surface area (Å²) in [4.78, 5) is 11.3. The predicted molar refractivity (Wildman–Crippen MR) is 55.8 cm³/mol. The molecule has 78 valence electrons. The van der Waals surface area contributed by atoms with Gasteiger partial charge in [-0.25, -0.2) is 0 Å². The molecule has 0 heterocycles. The van der Waals surface area contributed by atoms with E-state index in [1.54, 1.807) is 0 Å². The Morgan fingerprint density at radius 1 is 1.36 bits per heavy atom. The summed E-state index contributed by atoms with van der Waals surface area (Å²) in [5.74, 6) is 3.62. The number of carbonyl (C=O) groups is 1. The molecule has 14 heavy (non-hydrogen) atoms. The molecule has 2 bridgehead atoms. The van der Waals surface area contributed by atoms with Crippen molar-refractivity contribution in [2.75, 3.05) is 0 Å². The second kappa shape index (κ2) is 2.84. The summed E-state index contributed by atoms with van der Waals surface area (Å²) < 4.78 is 0. The van der Waals surface area contributed by atoms with Crippen molar-refractivity contribution in [3.8, 4) is 0 Å². The second-order valence-corrected chi connectivity index (χ2v) is 5.77. The molecule has 1 nitrogen and oxygen atoms in total. The minimum atomic E-state index is 0.107. The number of rotatable bonds is 2.